The van der Waals surface area contributed by atoms with Crippen molar-refractivity contribution in [3.05, 3.63) is 235 Å². The van der Waals surface area contributed by atoms with Crippen molar-refractivity contribution in [1.82, 2.24) is 14.1 Å². The largest absolute Gasteiger partial charge is 0.509 e. The molecule has 0 bridgehead atoms. The molecule has 0 atom stereocenters. The van der Waals surface area contributed by atoms with Gasteiger partial charge in [-0.1, -0.05) is 214 Å². The van der Waals surface area contributed by atoms with E-state index in [-0.39, 0.29) is 49.7 Å². The van der Waals surface area contributed by atoms with Crippen molar-refractivity contribution in [3.63, 3.8) is 0 Å². The minimum Gasteiger partial charge on any atom is -0.509 e. The quantitative estimate of drug-likeness (QED) is 0.156. The van der Waals surface area contributed by atoms with Gasteiger partial charge in [0.05, 0.1) is 6.85 Å². The second-order valence-electron chi connectivity index (χ2n) is 22.1. The number of fused-ring (bicyclic) bond motifs is 10. The Labute approximate surface area is 477 Å². The minimum absolute atomic E-state index is 0. The van der Waals surface area contributed by atoms with E-state index in [0.29, 0.717) is 50.2 Å². The third-order valence-electron chi connectivity index (χ3n) is 15.0. The number of benzene rings is 9. The number of aromatic nitrogens is 3. The second-order valence-corrected chi connectivity index (χ2v) is 22.1. The van der Waals surface area contributed by atoms with Crippen molar-refractivity contribution in [3.8, 4) is 39.6 Å². The van der Waals surface area contributed by atoms with Crippen LogP contribution in [0.3, 0.4) is 0 Å². The van der Waals surface area contributed by atoms with Gasteiger partial charge in [0.1, 0.15) is 5.82 Å². The molecule has 12 aromatic rings. The first kappa shape index (κ1) is 41.1. The standard InChI is InChI=1S/C71H59N4O.Pt/c1-44-25-33-55-53-20-13-14-21-54(53)57-23-16-24-64-69(57)74(68-45(2)17-15-22-58(68)59(55)37-44)43-73(64)51-31-35-62(71(7,8)9)66(40-51)76-52-32-34-56-60-39-49(47-18-11-10-12-19-47)28-36-63(60)75(65(56)41-52)67-38-46(3)61(42-72-67)48-26-29-50(30-27-48)70(4,5)6;/h10-39,42-43H,1-9H3;/q-3;/i3D3,10D,11D,12D,18D,19D;. The second kappa shape index (κ2) is 18.9. The van der Waals surface area contributed by atoms with Gasteiger partial charge in [-0.15, -0.1) is 35.2 Å². The van der Waals surface area contributed by atoms with Crippen molar-refractivity contribution in [1.29, 1.82) is 0 Å². The van der Waals surface area contributed by atoms with Crippen LogP contribution in [0.25, 0.3) is 93.2 Å². The molecular formula is C71H59N4OPt-3. The molecule has 1 aliphatic heterocycles. The monoisotopic (exact) mass is 1190 g/mol. The van der Waals surface area contributed by atoms with E-state index in [1.54, 1.807) is 24.4 Å². The van der Waals surface area contributed by atoms with Crippen LogP contribution in [0.15, 0.2) is 188 Å². The van der Waals surface area contributed by atoms with Crippen LogP contribution in [-0.2, 0) is 31.9 Å². The number of aryl methyl sites for hydroxylation is 3. The minimum atomic E-state index is -2.54. The predicted octanol–water partition coefficient (Wildman–Crippen LogP) is 19.1. The Hall–Kier alpha value is -8.11. The summed E-state index contributed by atoms with van der Waals surface area (Å²) in [6, 6.07) is 56.6. The van der Waals surface area contributed by atoms with Gasteiger partial charge in [-0.2, -0.15) is 12.1 Å². The summed E-state index contributed by atoms with van der Waals surface area (Å²) < 4.78 is 80.9. The smallest absolute Gasteiger partial charge is 0.135 e. The first-order valence-corrected chi connectivity index (χ1v) is 25.8. The molecule has 1 aliphatic rings. The van der Waals surface area contributed by atoms with E-state index in [1.807, 2.05) is 47.0 Å². The van der Waals surface area contributed by atoms with Gasteiger partial charge in [0, 0.05) is 59.6 Å². The van der Waals surface area contributed by atoms with E-state index >= 15 is 0 Å². The average molecular weight is 1190 g/mol. The third kappa shape index (κ3) is 8.53. The summed E-state index contributed by atoms with van der Waals surface area (Å²) in [5.41, 5.74) is 10.6. The molecule has 77 heavy (non-hydrogen) atoms. The molecule has 0 fully saturated rings. The van der Waals surface area contributed by atoms with Gasteiger partial charge in [-0.3, -0.25) is 0 Å². The average Bonchev–Trinajstić information content (AvgIpc) is 1.67. The number of anilines is 2. The Balaban J connectivity index is 0.00000709. The van der Waals surface area contributed by atoms with Crippen molar-refractivity contribution in [2.75, 3.05) is 4.90 Å². The number of ether oxygens (including phenoxy) is 1. The van der Waals surface area contributed by atoms with Crippen molar-refractivity contribution in [2.45, 2.75) is 73.1 Å². The molecule has 0 radical (unpaired) electrons. The van der Waals surface area contributed by atoms with Crippen LogP contribution in [0.2, 0.25) is 0 Å². The fourth-order valence-corrected chi connectivity index (χ4v) is 11.2. The van der Waals surface area contributed by atoms with Crippen LogP contribution in [0.4, 0.5) is 11.4 Å². The number of nitrogens with zero attached hydrogens (tertiary/aromatic N) is 4. The van der Waals surface area contributed by atoms with Crippen molar-refractivity contribution in [2.24, 2.45) is 0 Å². The number of pyridine rings is 1. The van der Waals surface area contributed by atoms with E-state index in [4.69, 9.17) is 20.7 Å². The fraction of sp³-hybridized carbons (Fsp3) is 0.155. The van der Waals surface area contributed by atoms with Crippen molar-refractivity contribution >= 4 is 76.5 Å². The van der Waals surface area contributed by atoms with Gasteiger partial charge in [-0.25, -0.2) is 4.98 Å². The molecule has 0 saturated carbocycles. The Morgan fingerprint density at radius 1 is 0.584 bits per heavy atom. The van der Waals surface area contributed by atoms with Crippen LogP contribution < -0.4 is 9.64 Å². The number of rotatable bonds is 6. The van der Waals surface area contributed by atoms with Crippen LogP contribution in [0.5, 0.6) is 11.5 Å². The van der Waals surface area contributed by atoms with E-state index in [1.165, 1.54) is 10.9 Å². The first-order valence-electron chi connectivity index (χ1n) is 29.8. The molecule has 9 aromatic carbocycles. The molecule has 13 rings (SSSR count). The molecule has 0 aliphatic carbocycles. The first-order chi connectivity index (χ1) is 40.0. The van der Waals surface area contributed by atoms with E-state index in [0.717, 1.165) is 71.6 Å². The SMILES string of the molecule is [2H]c1c([2H])c([2H])c(-c2ccc3c(c2)c2ccc(Oc4[c-]c(N5[CH-]n6c7c(C)cccc7c7cc(C)ccc7c7ccccc7c7cccc5c76)ccc4C(C)(C)C)[c-]c2n3-c2cc(C([2H])([2H])[2H])c(-c3ccc(C(C)(C)C)cc3)cn2)c([2H])c1[2H].[Pt]. The van der Waals surface area contributed by atoms with Crippen LogP contribution >= 0.6 is 0 Å². The summed E-state index contributed by atoms with van der Waals surface area (Å²) >= 11 is 0. The van der Waals surface area contributed by atoms with Gasteiger partial charge < -0.3 is 18.8 Å². The molecular weight excluding hydrogens is 1120 g/mol. The van der Waals surface area contributed by atoms with Crippen molar-refractivity contribution < 1.29 is 36.8 Å². The summed E-state index contributed by atoms with van der Waals surface area (Å²) in [4.78, 5) is 7.19. The Morgan fingerprint density at radius 2 is 1.29 bits per heavy atom. The number of para-hydroxylation sites is 2. The van der Waals surface area contributed by atoms with E-state index < -0.39 is 30.4 Å². The number of hydrogen-bond donors (Lipinski definition) is 0. The molecule has 0 saturated heterocycles. The Bertz CT molecular complexity index is 4810. The molecule has 0 unspecified atom stereocenters. The normalized spacial score (nSPS) is 14.1. The van der Waals surface area contributed by atoms with Gasteiger partial charge >= 0.3 is 0 Å². The molecule has 3 aromatic heterocycles. The van der Waals surface area contributed by atoms with Gasteiger partial charge in [0.25, 0.3) is 0 Å². The zero-order valence-electron chi connectivity index (χ0n) is 52.1. The maximum absolute atomic E-state index is 8.88. The molecule has 4 heterocycles. The predicted molar refractivity (Wildman–Crippen MR) is 319 cm³/mol. The summed E-state index contributed by atoms with van der Waals surface area (Å²) in [6.07, 6.45) is 1.61. The summed E-state index contributed by atoms with van der Waals surface area (Å²) in [5.74, 6) is 1.16. The molecule has 0 spiro atoms. The van der Waals surface area contributed by atoms with Crippen LogP contribution in [0, 0.1) is 39.5 Å². The molecule has 0 amide bonds. The fourth-order valence-electron chi connectivity index (χ4n) is 11.2. The molecule has 382 valence electrons. The Morgan fingerprint density at radius 3 is 2.04 bits per heavy atom. The zero-order valence-corrected chi connectivity index (χ0v) is 46.4. The van der Waals surface area contributed by atoms with E-state index in [2.05, 4.69) is 175 Å². The Kier molecular flexibility index (Phi) is 10.1. The zero-order chi connectivity index (χ0) is 59.1. The molecule has 0 N–H and O–H groups in total. The maximum atomic E-state index is 8.88. The maximum Gasteiger partial charge on any atom is 0.135 e. The summed E-state index contributed by atoms with van der Waals surface area (Å²) in [7, 11) is 0. The topological polar surface area (TPSA) is 35.2 Å². The molecule has 5 nitrogen and oxygen atoms in total. The van der Waals surface area contributed by atoms with E-state index in [9.17, 15) is 0 Å². The number of hydrogen-bond acceptors (Lipinski definition) is 3. The summed E-state index contributed by atoms with van der Waals surface area (Å²) in [5, 5.41) is 8.17. The third-order valence-corrected chi connectivity index (χ3v) is 15.0. The van der Waals surface area contributed by atoms with Crippen LogP contribution in [0.1, 0.15) is 80.3 Å². The molecule has 6 heteroatoms. The van der Waals surface area contributed by atoms with Gasteiger partial charge in [0.2, 0.25) is 0 Å². The van der Waals surface area contributed by atoms with Gasteiger partial charge in [-0.05, 0) is 122 Å². The summed E-state index contributed by atoms with van der Waals surface area (Å²) in [6.45, 7) is 16.8. The van der Waals surface area contributed by atoms with Crippen LogP contribution in [-0.4, -0.2) is 14.1 Å². The van der Waals surface area contributed by atoms with Gasteiger partial charge in [0.15, 0.2) is 0 Å².